The number of aromatic nitrogens is 1. The number of halogens is 2. The van der Waals surface area contributed by atoms with Crippen molar-refractivity contribution < 1.29 is 19.1 Å². The molecule has 0 saturated carbocycles. The number of hydrogen-bond donors (Lipinski definition) is 3. The molecule has 1 aromatic carbocycles. The first-order chi connectivity index (χ1) is 11.8. The molecule has 0 radical (unpaired) electrons. The lowest BCUT2D eigenvalue weighted by Gasteiger charge is -2.16. The number of benzene rings is 1. The molecule has 1 amide bonds. The second-order valence-corrected chi connectivity index (χ2v) is 6.52. The van der Waals surface area contributed by atoms with Crippen molar-refractivity contribution in [2.75, 3.05) is 5.32 Å². The Kier molecular flexibility index (Phi) is 4.34. The summed E-state index contributed by atoms with van der Waals surface area (Å²) in [5.74, 6) is -3.55. The number of nitrogens with one attached hydrogen (secondary N) is 1. The number of carbonyl (C=O) groups is 2. The molecule has 2 heterocycles. The van der Waals surface area contributed by atoms with Crippen LogP contribution in [0.25, 0.3) is 0 Å². The molecule has 130 valence electrons. The number of fused-ring (bicyclic) bond motifs is 1. The van der Waals surface area contributed by atoms with Crippen LogP contribution in [0.3, 0.4) is 0 Å². The average Bonchev–Trinajstić information content (AvgIpc) is 2.95. The summed E-state index contributed by atoms with van der Waals surface area (Å²) in [4.78, 5) is 35.7. The SMILES string of the molecule is NC(=O)C1CCn2c1c(C(=O)O)c(Nc1ccc(Br)cc1F)cc2=O. The lowest BCUT2D eigenvalue weighted by molar-refractivity contribution is -0.119. The van der Waals surface area contributed by atoms with E-state index in [9.17, 15) is 23.9 Å². The third-order valence-electron chi connectivity index (χ3n) is 4.08. The van der Waals surface area contributed by atoms with Crippen LogP contribution in [0.15, 0.2) is 33.5 Å². The second kappa shape index (κ2) is 6.32. The van der Waals surface area contributed by atoms with Gasteiger partial charge in [-0.05, 0) is 24.6 Å². The number of primary amides is 1. The van der Waals surface area contributed by atoms with Crippen LogP contribution in [-0.4, -0.2) is 21.6 Å². The van der Waals surface area contributed by atoms with Crippen molar-refractivity contribution in [2.45, 2.75) is 18.9 Å². The Morgan fingerprint density at radius 3 is 2.64 bits per heavy atom. The van der Waals surface area contributed by atoms with Crippen LogP contribution in [0, 0.1) is 5.82 Å². The van der Waals surface area contributed by atoms with E-state index < -0.39 is 29.2 Å². The maximum absolute atomic E-state index is 14.1. The van der Waals surface area contributed by atoms with E-state index in [1.807, 2.05) is 0 Å². The third-order valence-corrected chi connectivity index (χ3v) is 4.57. The molecular formula is C16H13BrFN3O4. The van der Waals surface area contributed by atoms with Gasteiger partial charge in [0.05, 0.1) is 23.0 Å². The summed E-state index contributed by atoms with van der Waals surface area (Å²) in [6, 6.07) is 5.26. The Hall–Kier alpha value is -2.68. The predicted octanol–water partition coefficient (Wildman–Crippen LogP) is 2.16. The van der Waals surface area contributed by atoms with Crippen LogP contribution in [0.1, 0.15) is 28.4 Å². The number of hydrogen-bond acceptors (Lipinski definition) is 4. The normalized spacial score (nSPS) is 15.7. The average molecular weight is 410 g/mol. The Morgan fingerprint density at radius 1 is 1.32 bits per heavy atom. The van der Waals surface area contributed by atoms with Gasteiger partial charge in [-0.15, -0.1) is 0 Å². The van der Waals surface area contributed by atoms with Gasteiger partial charge >= 0.3 is 5.97 Å². The number of nitrogens with two attached hydrogens (primary N) is 1. The monoisotopic (exact) mass is 409 g/mol. The fourth-order valence-electron chi connectivity index (χ4n) is 2.99. The molecule has 1 aliphatic rings. The molecule has 0 spiro atoms. The topological polar surface area (TPSA) is 114 Å². The Bertz CT molecular complexity index is 957. The molecule has 0 fully saturated rings. The van der Waals surface area contributed by atoms with Gasteiger partial charge in [0.25, 0.3) is 5.56 Å². The maximum Gasteiger partial charge on any atom is 0.339 e. The zero-order valence-electron chi connectivity index (χ0n) is 12.8. The lowest BCUT2D eigenvalue weighted by Crippen LogP contribution is -2.27. The van der Waals surface area contributed by atoms with Crippen molar-refractivity contribution in [3.8, 4) is 0 Å². The van der Waals surface area contributed by atoms with Crippen LogP contribution in [0.5, 0.6) is 0 Å². The summed E-state index contributed by atoms with van der Waals surface area (Å²) in [5, 5.41) is 12.2. The van der Waals surface area contributed by atoms with Gasteiger partial charge in [0.1, 0.15) is 11.4 Å². The molecule has 1 unspecified atom stereocenters. The first-order valence-corrected chi connectivity index (χ1v) is 8.11. The first kappa shape index (κ1) is 17.2. The predicted molar refractivity (Wildman–Crippen MR) is 91.6 cm³/mol. The number of aromatic carboxylic acids is 1. The second-order valence-electron chi connectivity index (χ2n) is 5.61. The van der Waals surface area contributed by atoms with Crippen LogP contribution in [0.4, 0.5) is 15.8 Å². The summed E-state index contributed by atoms with van der Waals surface area (Å²) >= 11 is 3.13. The number of carboxylic acids is 1. The van der Waals surface area contributed by atoms with Crippen molar-refractivity contribution in [3.05, 3.63) is 56.2 Å². The minimum atomic E-state index is -1.34. The zero-order chi connectivity index (χ0) is 18.3. The largest absolute Gasteiger partial charge is 0.478 e. The molecule has 0 saturated heterocycles. The van der Waals surface area contributed by atoms with Gasteiger partial charge in [0, 0.05) is 17.1 Å². The third kappa shape index (κ3) is 3.02. The Morgan fingerprint density at radius 2 is 2.04 bits per heavy atom. The number of pyridine rings is 1. The molecule has 7 nitrogen and oxygen atoms in total. The van der Waals surface area contributed by atoms with E-state index in [0.29, 0.717) is 4.47 Å². The van der Waals surface area contributed by atoms with E-state index in [1.54, 1.807) is 6.07 Å². The number of carbonyl (C=O) groups excluding carboxylic acids is 1. The summed E-state index contributed by atoms with van der Waals surface area (Å²) in [5.41, 5.74) is 4.57. The van der Waals surface area contributed by atoms with E-state index in [-0.39, 0.29) is 35.6 Å². The number of rotatable bonds is 4. The van der Waals surface area contributed by atoms with Gasteiger partial charge < -0.3 is 20.7 Å². The van der Waals surface area contributed by atoms with Crippen LogP contribution in [0.2, 0.25) is 0 Å². The first-order valence-electron chi connectivity index (χ1n) is 7.32. The van der Waals surface area contributed by atoms with E-state index in [2.05, 4.69) is 21.2 Å². The molecule has 0 aliphatic carbocycles. The van der Waals surface area contributed by atoms with E-state index in [0.717, 1.165) is 6.07 Å². The Balaban J connectivity index is 2.19. The highest BCUT2D eigenvalue weighted by molar-refractivity contribution is 9.10. The number of anilines is 2. The fraction of sp³-hybridized carbons (Fsp3) is 0.188. The highest BCUT2D eigenvalue weighted by Crippen LogP contribution is 2.34. The molecule has 4 N–H and O–H groups in total. The van der Waals surface area contributed by atoms with Crippen molar-refractivity contribution in [3.63, 3.8) is 0 Å². The van der Waals surface area contributed by atoms with Gasteiger partial charge in [-0.1, -0.05) is 15.9 Å². The lowest BCUT2D eigenvalue weighted by atomic mass is 9.98. The smallest absolute Gasteiger partial charge is 0.339 e. The number of carboxylic acid groups (broad SMARTS) is 1. The van der Waals surface area contributed by atoms with Gasteiger partial charge in [-0.25, -0.2) is 9.18 Å². The van der Waals surface area contributed by atoms with Gasteiger partial charge in [-0.3, -0.25) is 9.59 Å². The zero-order valence-corrected chi connectivity index (χ0v) is 14.3. The van der Waals surface area contributed by atoms with Crippen LogP contribution < -0.4 is 16.6 Å². The number of amides is 1. The van der Waals surface area contributed by atoms with Crippen LogP contribution >= 0.6 is 15.9 Å². The van der Waals surface area contributed by atoms with Crippen molar-refractivity contribution in [1.82, 2.24) is 4.57 Å². The quantitative estimate of drug-likeness (QED) is 0.715. The maximum atomic E-state index is 14.1. The van der Waals surface area contributed by atoms with E-state index in [1.165, 1.54) is 16.7 Å². The van der Waals surface area contributed by atoms with Crippen molar-refractivity contribution in [2.24, 2.45) is 5.73 Å². The van der Waals surface area contributed by atoms with Crippen molar-refractivity contribution in [1.29, 1.82) is 0 Å². The van der Waals surface area contributed by atoms with Gasteiger partial charge in [-0.2, -0.15) is 0 Å². The minimum Gasteiger partial charge on any atom is -0.478 e. The van der Waals surface area contributed by atoms with Crippen molar-refractivity contribution >= 4 is 39.2 Å². The highest BCUT2D eigenvalue weighted by Gasteiger charge is 2.34. The molecule has 3 rings (SSSR count). The molecular weight excluding hydrogens is 397 g/mol. The molecule has 9 heteroatoms. The summed E-state index contributed by atoms with van der Waals surface area (Å²) in [7, 11) is 0. The summed E-state index contributed by atoms with van der Waals surface area (Å²) in [6.45, 7) is 0.203. The molecule has 1 atom stereocenters. The fourth-order valence-corrected chi connectivity index (χ4v) is 3.32. The molecule has 0 bridgehead atoms. The summed E-state index contributed by atoms with van der Waals surface area (Å²) < 4.78 is 15.8. The van der Waals surface area contributed by atoms with Gasteiger partial charge in [0.15, 0.2) is 0 Å². The standard InChI is InChI=1S/C16H13BrFN3O4/c17-7-1-2-10(9(18)5-7)20-11-6-12(22)21-4-3-8(15(19)23)14(21)13(11)16(24)25/h1-2,5-6,8,20H,3-4H2,(H2,19,23)(H,24,25). The molecule has 1 aliphatic heterocycles. The summed E-state index contributed by atoms with van der Waals surface area (Å²) in [6.07, 6.45) is 0.251. The Labute approximate surface area is 149 Å². The van der Waals surface area contributed by atoms with E-state index in [4.69, 9.17) is 5.73 Å². The minimum absolute atomic E-state index is 0.00340. The van der Waals surface area contributed by atoms with Crippen LogP contribution in [-0.2, 0) is 11.3 Å². The molecule has 2 aromatic rings. The van der Waals surface area contributed by atoms with E-state index >= 15 is 0 Å². The highest BCUT2D eigenvalue weighted by atomic mass is 79.9. The van der Waals surface area contributed by atoms with Gasteiger partial charge in [0.2, 0.25) is 5.91 Å². The molecule has 25 heavy (non-hydrogen) atoms. The number of nitrogens with zero attached hydrogens (tertiary/aromatic N) is 1. The molecule has 1 aromatic heterocycles.